The summed E-state index contributed by atoms with van der Waals surface area (Å²) >= 11 is 12.0. The first-order valence-corrected chi connectivity index (χ1v) is 6.91. The number of aryl methyl sites for hydroxylation is 1. The molecule has 102 valence electrons. The minimum absolute atomic E-state index is 0.370. The molecule has 20 heavy (non-hydrogen) atoms. The Labute approximate surface area is 126 Å². The second kappa shape index (κ2) is 5.35. The molecular formula is C15H12Cl2N2O. The molecule has 0 aliphatic rings. The van der Waals surface area contributed by atoms with Gasteiger partial charge in [-0.15, -0.1) is 0 Å². The fourth-order valence-corrected chi connectivity index (χ4v) is 2.31. The summed E-state index contributed by atoms with van der Waals surface area (Å²) in [6.45, 7) is 2.38. The molecule has 1 aromatic heterocycles. The van der Waals surface area contributed by atoms with Crippen molar-refractivity contribution in [2.24, 2.45) is 0 Å². The van der Waals surface area contributed by atoms with Gasteiger partial charge in [0.1, 0.15) is 18.2 Å². The predicted molar refractivity (Wildman–Crippen MR) is 81.6 cm³/mol. The van der Waals surface area contributed by atoms with E-state index in [-0.39, 0.29) is 0 Å². The Hall–Kier alpha value is -1.71. The van der Waals surface area contributed by atoms with Crippen LogP contribution in [0.15, 0.2) is 36.4 Å². The van der Waals surface area contributed by atoms with Gasteiger partial charge in [-0.1, -0.05) is 41.4 Å². The number of hydrogen-bond acceptors (Lipinski definition) is 2. The van der Waals surface area contributed by atoms with E-state index in [1.165, 1.54) is 0 Å². The number of nitrogens with zero attached hydrogens (tertiary/aromatic N) is 1. The van der Waals surface area contributed by atoms with Crippen molar-refractivity contribution in [1.29, 1.82) is 0 Å². The number of benzene rings is 2. The zero-order valence-electron chi connectivity index (χ0n) is 10.8. The van der Waals surface area contributed by atoms with Gasteiger partial charge in [-0.25, -0.2) is 4.98 Å². The molecule has 0 amide bonds. The second-order valence-corrected chi connectivity index (χ2v) is 5.34. The van der Waals surface area contributed by atoms with Crippen molar-refractivity contribution >= 4 is 34.2 Å². The summed E-state index contributed by atoms with van der Waals surface area (Å²) in [5.41, 5.74) is 2.72. The van der Waals surface area contributed by atoms with Crippen molar-refractivity contribution in [3.05, 3.63) is 57.8 Å². The highest BCUT2D eigenvalue weighted by Crippen LogP contribution is 2.27. The van der Waals surface area contributed by atoms with Crippen LogP contribution in [0.1, 0.15) is 11.4 Å². The monoisotopic (exact) mass is 306 g/mol. The summed E-state index contributed by atoms with van der Waals surface area (Å²) in [6.07, 6.45) is 0. The summed E-state index contributed by atoms with van der Waals surface area (Å²) in [5, 5.41) is 1.01. The number of imidazole rings is 1. The average Bonchev–Trinajstić information content (AvgIpc) is 2.80. The predicted octanol–water partition coefficient (Wildman–Crippen LogP) is 4.76. The summed E-state index contributed by atoms with van der Waals surface area (Å²) in [7, 11) is 0. The lowest BCUT2D eigenvalue weighted by molar-refractivity contribution is 0.295. The molecule has 3 rings (SSSR count). The summed E-state index contributed by atoms with van der Waals surface area (Å²) in [6, 6.07) is 11.4. The zero-order valence-corrected chi connectivity index (χ0v) is 12.3. The lowest BCUT2D eigenvalue weighted by atomic mass is 10.2. The second-order valence-electron chi connectivity index (χ2n) is 4.52. The van der Waals surface area contributed by atoms with E-state index in [0.29, 0.717) is 16.7 Å². The SMILES string of the molecule is Cc1ccccc1OCc1nc2cc(Cl)c(Cl)cc2[nH]1. The molecule has 3 nitrogen and oxygen atoms in total. The molecule has 1 heterocycles. The van der Waals surface area contributed by atoms with Gasteiger partial charge in [0.05, 0.1) is 21.1 Å². The highest BCUT2D eigenvalue weighted by molar-refractivity contribution is 6.42. The van der Waals surface area contributed by atoms with Gasteiger partial charge in [-0.3, -0.25) is 0 Å². The fourth-order valence-electron chi connectivity index (χ4n) is 1.99. The van der Waals surface area contributed by atoms with E-state index in [2.05, 4.69) is 9.97 Å². The third kappa shape index (κ3) is 2.60. The third-order valence-corrected chi connectivity index (χ3v) is 3.75. The highest BCUT2D eigenvalue weighted by Gasteiger charge is 2.07. The molecule has 0 fully saturated rings. The normalized spacial score (nSPS) is 10.9. The van der Waals surface area contributed by atoms with E-state index >= 15 is 0 Å². The molecule has 0 radical (unpaired) electrons. The summed E-state index contributed by atoms with van der Waals surface area (Å²) in [5.74, 6) is 1.59. The number of rotatable bonds is 3. The van der Waals surface area contributed by atoms with Gasteiger partial charge in [-0.2, -0.15) is 0 Å². The number of nitrogens with one attached hydrogen (secondary N) is 1. The number of aromatic nitrogens is 2. The van der Waals surface area contributed by atoms with Crippen molar-refractivity contribution in [2.45, 2.75) is 13.5 Å². The quantitative estimate of drug-likeness (QED) is 0.757. The van der Waals surface area contributed by atoms with Crippen LogP contribution in [-0.4, -0.2) is 9.97 Å². The van der Waals surface area contributed by atoms with Crippen LogP contribution in [0.25, 0.3) is 11.0 Å². The van der Waals surface area contributed by atoms with E-state index in [9.17, 15) is 0 Å². The molecule has 1 N–H and O–H groups in total. The largest absolute Gasteiger partial charge is 0.485 e. The van der Waals surface area contributed by atoms with Gasteiger partial charge in [0.15, 0.2) is 0 Å². The molecule has 5 heteroatoms. The van der Waals surface area contributed by atoms with E-state index in [1.54, 1.807) is 12.1 Å². The topological polar surface area (TPSA) is 37.9 Å². The number of H-pyrrole nitrogens is 1. The zero-order chi connectivity index (χ0) is 14.1. The standard InChI is InChI=1S/C15H12Cl2N2O/c1-9-4-2-3-5-14(9)20-8-15-18-12-6-10(16)11(17)7-13(12)19-15/h2-7H,8H2,1H3,(H,18,19). The molecule has 0 saturated carbocycles. The van der Waals surface area contributed by atoms with Gasteiger partial charge in [0.25, 0.3) is 0 Å². The Balaban J connectivity index is 1.83. The van der Waals surface area contributed by atoms with Crippen molar-refractivity contribution in [1.82, 2.24) is 9.97 Å². The summed E-state index contributed by atoms with van der Waals surface area (Å²) < 4.78 is 5.75. The highest BCUT2D eigenvalue weighted by atomic mass is 35.5. The van der Waals surface area contributed by atoms with E-state index in [1.807, 2.05) is 31.2 Å². The van der Waals surface area contributed by atoms with Gasteiger partial charge < -0.3 is 9.72 Å². The minimum Gasteiger partial charge on any atom is -0.485 e. The fraction of sp³-hybridized carbons (Fsp3) is 0.133. The molecule has 0 saturated heterocycles. The van der Waals surface area contributed by atoms with Crippen molar-refractivity contribution in [3.8, 4) is 5.75 Å². The van der Waals surface area contributed by atoms with Crippen LogP contribution in [0.3, 0.4) is 0 Å². The molecule has 0 aliphatic carbocycles. The maximum Gasteiger partial charge on any atom is 0.146 e. The number of ether oxygens (including phenoxy) is 1. The first-order chi connectivity index (χ1) is 9.63. The lowest BCUT2D eigenvalue weighted by Crippen LogP contribution is -1.98. The Morgan fingerprint density at radius 3 is 2.70 bits per heavy atom. The number of hydrogen-bond donors (Lipinski definition) is 1. The van der Waals surface area contributed by atoms with Crippen LogP contribution in [-0.2, 0) is 6.61 Å². The number of aromatic amines is 1. The first-order valence-electron chi connectivity index (χ1n) is 6.15. The molecule has 3 aromatic rings. The van der Waals surface area contributed by atoms with Crippen LogP contribution in [0.4, 0.5) is 0 Å². The molecule has 2 aromatic carbocycles. The Morgan fingerprint density at radius 2 is 1.90 bits per heavy atom. The molecular weight excluding hydrogens is 295 g/mol. The lowest BCUT2D eigenvalue weighted by Gasteiger charge is -2.06. The number of fused-ring (bicyclic) bond motifs is 1. The van der Waals surface area contributed by atoms with E-state index in [4.69, 9.17) is 27.9 Å². The van der Waals surface area contributed by atoms with Crippen molar-refractivity contribution in [2.75, 3.05) is 0 Å². The van der Waals surface area contributed by atoms with Gasteiger partial charge in [0, 0.05) is 0 Å². The summed E-state index contributed by atoms with van der Waals surface area (Å²) in [4.78, 5) is 7.61. The molecule has 0 atom stereocenters. The maximum absolute atomic E-state index is 5.98. The maximum atomic E-state index is 5.98. The van der Waals surface area contributed by atoms with Gasteiger partial charge in [0.2, 0.25) is 0 Å². The Bertz CT molecular complexity index is 729. The van der Waals surface area contributed by atoms with E-state index in [0.717, 1.165) is 28.2 Å². The third-order valence-electron chi connectivity index (χ3n) is 3.03. The number of para-hydroxylation sites is 1. The van der Waals surface area contributed by atoms with Crippen molar-refractivity contribution in [3.63, 3.8) is 0 Å². The minimum atomic E-state index is 0.370. The van der Waals surface area contributed by atoms with Gasteiger partial charge >= 0.3 is 0 Å². The van der Waals surface area contributed by atoms with Crippen LogP contribution in [0.2, 0.25) is 10.0 Å². The van der Waals surface area contributed by atoms with Crippen LogP contribution in [0.5, 0.6) is 5.75 Å². The average molecular weight is 307 g/mol. The molecule has 0 unspecified atom stereocenters. The molecule has 0 aliphatic heterocycles. The smallest absolute Gasteiger partial charge is 0.146 e. The number of halogens is 2. The van der Waals surface area contributed by atoms with Gasteiger partial charge in [-0.05, 0) is 30.7 Å². The Kier molecular flexibility index (Phi) is 3.55. The molecule has 0 spiro atoms. The van der Waals surface area contributed by atoms with Crippen LogP contribution < -0.4 is 4.74 Å². The Morgan fingerprint density at radius 1 is 1.15 bits per heavy atom. The van der Waals surface area contributed by atoms with E-state index < -0.39 is 0 Å². The molecule has 0 bridgehead atoms. The van der Waals surface area contributed by atoms with Crippen molar-refractivity contribution < 1.29 is 4.74 Å². The first kappa shape index (κ1) is 13.3. The van der Waals surface area contributed by atoms with Crippen LogP contribution >= 0.6 is 23.2 Å². The van der Waals surface area contributed by atoms with Crippen LogP contribution in [0, 0.1) is 6.92 Å².